The molecule has 1 aromatic heterocycles. The Morgan fingerprint density at radius 2 is 1.73 bits per heavy atom. The Balaban J connectivity index is 1.97. The number of sulfonamides is 1. The molecule has 1 aromatic carbocycles. The summed E-state index contributed by atoms with van der Waals surface area (Å²) in [6, 6.07) is 5.98. The highest BCUT2D eigenvalue weighted by Gasteiger charge is 2.24. The van der Waals surface area contributed by atoms with Gasteiger partial charge in [-0.05, 0) is 51.1 Å². The van der Waals surface area contributed by atoms with E-state index in [-0.39, 0.29) is 16.6 Å². The summed E-state index contributed by atoms with van der Waals surface area (Å²) in [6.07, 6.45) is 0. The molecule has 2 N–H and O–H groups in total. The van der Waals surface area contributed by atoms with E-state index in [1.165, 1.54) is 38.1 Å². The Morgan fingerprint density at radius 1 is 1.13 bits per heavy atom. The fraction of sp³-hybridized carbons (Fsp3) is 0.350. The molecule has 0 aliphatic heterocycles. The van der Waals surface area contributed by atoms with Gasteiger partial charge >= 0.3 is 5.97 Å². The van der Waals surface area contributed by atoms with Crippen molar-refractivity contribution in [3.05, 3.63) is 47.3 Å². The van der Waals surface area contributed by atoms with Gasteiger partial charge in [-0.25, -0.2) is 8.42 Å². The van der Waals surface area contributed by atoms with E-state index < -0.39 is 28.6 Å². The number of carbonyl (C=O) groups excluding carboxylic acids is 3. The molecule has 1 amide bonds. The zero-order valence-electron chi connectivity index (χ0n) is 17.5. The molecule has 162 valence electrons. The molecule has 0 fully saturated rings. The molecule has 0 bridgehead atoms. The summed E-state index contributed by atoms with van der Waals surface area (Å²) in [5.41, 5.74) is 2.55. The summed E-state index contributed by atoms with van der Waals surface area (Å²) in [7, 11) is -2.17. The number of ether oxygens (including phenoxy) is 1. The Bertz CT molecular complexity index is 1070. The molecule has 30 heavy (non-hydrogen) atoms. The first-order valence-electron chi connectivity index (χ1n) is 9.15. The predicted octanol–water partition coefficient (Wildman–Crippen LogP) is 1.69. The normalized spacial score (nSPS) is 12.3. The molecule has 10 heteroatoms. The van der Waals surface area contributed by atoms with Crippen molar-refractivity contribution in [2.75, 3.05) is 11.9 Å². The van der Waals surface area contributed by atoms with Crippen LogP contribution in [0.3, 0.4) is 0 Å². The molecule has 0 radical (unpaired) electrons. The second kappa shape index (κ2) is 9.23. The highest BCUT2D eigenvalue weighted by Crippen LogP contribution is 2.16. The van der Waals surface area contributed by atoms with Gasteiger partial charge < -0.3 is 14.6 Å². The number of ketones is 1. The molecule has 0 unspecified atom stereocenters. The molecule has 0 saturated heterocycles. The SMILES string of the molecule is CC(=O)Nc1ccc(S(=O)(=O)N[C@@H](C)C(=O)OCC(=O)c2cc(C)n(C)c2C)cc1. The maximum absolute atomic E-state index is 12.4. The lowest BCUT2D eigenvalue weighted by Crippen LogP contribution is -2.40. The first kappa shape index (κ1) is 23.3. The van der Waals surface area contributed by atoms with Crippen molar-refractivity contribution in [1.29, 1.82) is 0 Å². The minimum absolute atomic E-state index is 0.0808. The average Bonchev–Trinajstić information content (AvgIpc) is 2.92. The number of esters is 1. The Hall–Kier alpha value is -2.98. The lowest BCUT2D eigenvalue weighted by molar-refractivity contribution is -0.144. The van der Waals surface area contributed by atoms with Gasteiger partial charge in [-0.1, -0.05) is 0 Å². The van der Waals surface area contributed by atoms with Crippen LogP contribution in [0.5, 0.6) is 0 Å². The predicted molar refractivity (Wildman–Crippen MR) is 111 cm³/mol. The molecule has 1 heterocycles. The molecule has 0 aliphatic carbocycles. The molecule has 0 saturated carbocycles. The van der Waals surface area contributed by atoms with Crippen LogP contribution in [0.1, 0.15) is 35.6 Å². The zero-order valence-corrected chi connectivity index (χ0v) is 18.3. The fourth-order valence-corrected chi connectivity index (χ4v) is 3.94. The molecule has 0 aliphatic rings. The first-order valence-corrected chi connectivity index (χ1v) is 10.6. The standard InChI is InChI=1S/C20H25N3O6S/c1-12-10-18(14(3)23(12)5)19(25)11-29-20(26)13(2)22-30(27,28)17-8-6-16(7-9-17)21-15(4)24/h6-10,13,22H,11H2,1-5H3,(H,21,24)/t13-/m0/s1. The van der Waals surface area contributed by atoms with Gasteiger partial charge in [-0.2, -0.15) is 4.72 Å². The van der Waals surface area contributed by atoms with E-state index in [0.29, 0.717) is 11.3 Å². The topological polar surface area (TPSA) is 124 Å². The number of aromatic nitrogens is 1. The van der Waals surface area contributed by atoms with Crippen LogP contribution in [0.2, 0.25) is 0 Å². The van der Waals surface area contributed by atoms with Gasteiger partial charge in [-0.15, -0.1) is 0 Å². The molecule has 0 spiro atoms. The van der Waals surface area contributed by atoms with Crippen molar-refractivity contribution in [3.8, 4) is 0 Å². The highest BCUT2D eigenvalue weighted by atomic mass is 32.2. The number of hydrogen-bond acceptors (Lipinski definition) is 6. The van der Waals surface area contributed by atoms with E-state index in [0.717, 1.165) is 11.4 Å². The van der Waals surface area contributed by atoms with E-state index in [9.17, 15) is 22.8 Å². The molecular formula is C20H25N3O6S. The van der Waals surface area contributed by atoms with Gasteiger partial charge in [-0.3, -0.25) is 14.4 Å². The van der Waals surface area contributed by atoms with Crippen molar-refractivity contribution >= 4 is 33.4 Å². The van der Waals surface area contributed by atoms with E-state index in [2.05, 4.69) is 10.0 Å². The monoisotopic (exact) mass is 435 g/mol. The summed E-state index contributed by atoms with van der Waals surface area (Å²) in [5, 5.41) is 2.53. The van der Waals surface area contributed by atoms with E-state index in [1.54, 1.807) is 13.0 Å². The second-order valence-electron chi connectivity index (χ2n) is 6.92. The lowest BCUT2D eigenvalue weighted by atomic mass is 10.1. The summed E-state index contributed by atoms with van der Waals surface area (Å²) in [4.78, 5) is 35.4. The number of aryl methyl sites for hydroxylation is 1. The largest absolute Gasteiger partial charge is 0.456 e. The van der Waals surface area contributed by atoms with Crippen molar-refractivity contribution in [3.63, 3.8) is 0 Å². The number of nitrogens with one attached hydrogen (secondary N) is 2. The summed E-state index contributed by atoms with van der Waals surface area (Å²) < 4.78 is 34.0. The minimum Gasteiger partial charge on any atom is -0.456 e. The Kier molecular flexibility index (Phi) is 7.16. The third-order valence-corrected chi connectivity index (χ3v) is 6.15. The number of carbonyl (C=O) groups is 3. The van der Waals surface area contributed by atoms with Crippen LogP contribution < -0.4 is 10.0 Å². The van der Waals surface area contributed by atoms with Gasteiger partial charge in [0.1, 0.15) is 6.04 Å². The Morgan fingerprint density at radius 3 is 2.23 bits per heavy atom. The number of anilines is 1. The average molecular weight is 436 g/mol. The molecule has 2 aromatic rings. The van der Waals surface area contributed by atoms with Crippen molar-refractivity contribution in [2.45, 2.75) is 38.6 Å². The number of amides is 1. The summed E-state index contributed by atoms with van der Waals surface area (Å²) in [6.45, 7) is 5.82. The molecular weight excluding hydrogens is 410 g/mol. The maximum atomic E-state index is 12.4. The smallest absolute Gasteiger partial charge is 0.324 e. The number of nitrogens with zero attached hydrogens (tertiary/aromatic N) is 1. The van der Waals surface area contributed by atoms with Crippen LogP contribution in [0.15, 0.2) is 35.2 Å². The zero-order chi connectivity index (χ0) is 22.6. The molecule has 1 atom stereocenters. The number of rotatable bonds is 8. The molecule has 9 nitrogen and oxygen atoms in total. The lowest BCUT2D eigenvalue weighted by Gasteiger charge is -2.14. The van der Waals surface area contributed by atoms with Gasteiger partial charge in [0, 0.05) is 36.6 Å². The number of benzene rings is 1. The second-order valence-corrected chi connectivity index (χ2v) is 8.64. The quantitative estimate of drug-likeness (QED) is 0.480. The van der Waals surface area contributed by atoms with Crippen LogP contribution in [-0.4, -0.2) is 43.3 Å². The van der Waals surface area contributed by atoms with E-state index in [1.807, 2.05) is 18.5 Å². The number of Topliss-reactive ketones (excluding diaryl/α,β-unsaturated/α-hetero) is 1. The van der Waals surface area contributed by atoms with Gasteiger partial charge in [0.15, 0.2) is 6.61 Å². The molecule has 2 rings (SSSR count). The van der Waals surface area contributed by atoms with Crippen LogP contribution >= 0.6 is 0 Å². The fourth-order valence-electron chi connectivity index (χ4n) is 2.75. The van der Waals surface area contributed by atoms with Crippen LogP contribution in [-0.2, 0) is 31.4 Å². The van der Waals surface area contributed by atoms with Crippen LogP contribution in [0.4, 0.5) is 5.69 Å². The van der Waals surface area contributed by atoms with Crippen molar-refractivity contribution < 1.29 is 27.5 Å². The van der Waals surface area contributed by atoms with Gasteiger partial charge in [0.05, 0.1) is 4.90 Å². The van der Waals surface area contributed by atoms with E-state index >= 15 is 0 Å². The third-order valence-electron chi connectivity index (χ3n) is 4.59. The van der Waals surface area contributed by atoms with E-state index in [4.69, 9.17) is 4.74 Å². The van der Waals surface area contributed by atoms with Crippen molar-refractivity contribution in [1.82, 2.24) is 9.29 Å². The third kappa shape index (κ3) is 5.55. The van der Waals surface area contributed by atoms with Crippen molar-refractivity contribution in [2.24, 2.45) is 7.05 Å². The Labute approximate surface area is 175 Å². The van der Waals surface area contributed by atoms with Crippen LogP contribution in [0, 0.1) is 13.8 Å². The minimum atomic E-state index is -4.00. The highest BCUT2D eigenvalue weighted by molar-refractivity contribution is 7.89. The first-order chi connectivity index (χ1) is 13.9. The van der Waals surface area contributed by atoms with Crippen LogP contribution in [0.25, 0.3) is 0 Å². The number of hydrogen-bond donors (Lipinski definition) is 2. The van der Waals surface area contributed by atoms with Gasteiger partial charge in [0.25, 0.3) is 0 Å². The van der Waals surface area contributed by atoms with Gasteiger partial charge in [0.2, 0.25) is 21.7 Å². The summed E-state index contributed by atoms with van der Waals surface area (Å²) in [5.74, 6) is -1.52. The maximum Gasteiger partial charge on any atom is 0.324 e. The summed E-state index contributed by atoms with van der Waals surface area (Å²) >= 11 is 0.